The number of nitrogens with zero attached hydrogens (tertiary/aromatic N) is 1. The van der Waals surface area contributed by atoms with Crippen LogP contribution in [0.3, 0.4) is 0 Å². The highest BCUT2D eigenvalue weighted by Gasteiger charge is 2.16. The Kier molecular flexibility index (Phi) is 5.31. The van der Waals surface area contributed by atoms with E-state index in [1.54, 1.807) is 6.92 Å². The molecule has 0 fully saturated rings. The molecule has 3 nitrogen and oxygen atoms in total. The van der Waals surface area contributed by atoms with E-state index in [2.05, 4.69) is 6.07 Å². The summed E-state index contributed by atoms with van der Waals surface area (Å²) < 4.78 is 18.7. The van der Waals surface area contributed by atoms with Crippen molar-refractivity contribution in [2.75, 3.05) is 6.61 Å². The quantitative estimate of drug-likeness (QED) is 0.800. The van der Waals surface area contributed by atoms with Crippen LogP contribution in [0.25, 0.3) is 0 Å². The molecule has 0 spiro atoms. The van der Waals surface area contributed by atoms with Crippen LogP contribution in [0.5, 0.6) is 5.75 Å². The van der Waals surface area contributed by atoms with E-state index in [0.29, 0.717) is 17.9 Å². The van der Waals surface area contributed by atoms with Crippen LogP contribution in [0.4, 0.5) is 4.39 Å². The molecule has 1 N–H and O–H groups in total. The number of ether oxygens (including phenoxy) is 1. The molecule has 0 aliphatic heterocycles. The van der Waals surface area contributed by atoms with Gasteiger partial charge in [-0.25, -0.2) is 4.39 Å². The molecule has 1 rings (SSSR count). The van der Waals surface area contributed by atoms with Gasteiger partial charge in [-0.1, -0.05) is 0 Å². The minimum absolute atomic E-state index is 0.362. The Morgan fingerprint density at radius 2 is 2.16 bits per heavy atom. The van der Waals surface area contributed by atoms with E-state index in [0.717, 1.165) is 12.8 Å². The highest BCUT2D eigenvalue weighted by atomic mass is 19.1. The topological polar surface area (TPSA) is 53.2 Å². The summed E-state index contributed by atoms with van der Waals surface area (Å²) in [7, 11) is 0. The predicted molar refractivity (Wildman–Crippen MR) is 71.2 cm³/mol. The van der Waals surface area contributed by atoms with Gasteiger partial charge >= 0.3 is 0 Å². The van der Waals surface area contributed by atoms with E-state index in [1.807, 2.05) is 13.8 Å². The van der Waals surface area contributed by atoms with Gasteiger partial charge < -0.3 is 9.84 Å². The van der Waals surface area contributed by atoms with E-state index < -0.39 is 11.9 Å². The van der Waals surface area contributed by atoms with Crippen LogP contribution in [0, 0.1) is 22.6 Å². The first-order valence-corrected chi connectivity index (χ1v) is 6.37. The lowest BCUT2D eigenvalue weighted by Gasteiger charge is -2.16. The molecule has 1 aromatic rings. The van der Waals surface area contributed by atoms with Gasteiger partial charge in [-0.2, -0.15) is 5.26 Å². The minimum Gasteiger partial charge on any atom is -0.493 e. The van der Waals surface area contributed by atoms with Gasteiger partial charge in [0, 0.05) is 5.56 Å². The van der Waals surface area contributed by atoms with Gasteiger partial charge in [-0.15, -0.1) is 0 Å². The van der Waals surface area contributed by atoms with Crippen LogP contribution in [0.15, 0.2) is 18.2 Å². The molecule has 0 aromatic heterocycles. The van der Waals surface area contributed by atoms with Crippen LogP contribution in [-0.4, -0.2) is 11.7 Å². The number of hydrogen-bond donors (Lipinski definition) is 1. The molecule has 19 heavy (non-hydrogen) atoms. The van der Waals surface area contributed by atoms with Crippen molar-refractivity contribution in [3.05, 3.63) is 29.6 Å². The summed E-state index contributed by atoms with van der Waals surface area (Å²) in [6.45, 7) is 5.77. The summed E-state index contributed by atoms with van der Waals surface area (Å²) in [5.41, 5.74) is 0.0822. The molecule has 0 bridgehead atoms. The third kappa shape index (κ3) is 4.88. The molecule has 0 amide bonds. The van der Waals surface area contributed by atoms with Crippen LogP contribution >= 0.6 is 0 Å². The number of nitriles is 1. The Hall–Kier alpha value is -1.60. The number of aliphatic hydroxyl groups excluding tert-OH is 1. The van der Waals surface area contributed by atoms with Crippen LogP contribution in [0.1, 0.15) is 45.3 Å². The zero-order valence-electron chi connectivity index (χ0n) is 11.6. The van der Waals surface area contributed by atoms with Crippen molar-refractivity contribution in [2.45, 2.75) is 39.7 Å². The molecule has 1 atom stereocenters. The zero-order chi connectivity index (χ0) is 14.5. The summed E-state index contributed by atoms with van der Waals surface area (Å²) in [5.74, 6) is 0.0972. The van der Waals surface area contributed by atoms with E-state index in [-0.39, 0.29) is 5.41 Å². The fourth-order valence-electron chi connectivity index (χ4n) is 1.73. The third-order valence-electron chi connectivity index (χ3n) is 2.93. The summed E-state index contributed by atoms with van der Waals surface area (Å²) in [6.07, 6.45) is 0.688. The molecule has 0 radical (unpaired) electrons. The summed E-state index contributed by atoms with van der Waals surface area (Å²) in [5, 5.41) is 18.5. The molecular formula is C15H20FNO2. The van der Waals surface area contributed by atoms with Crippen molar-refractivity contribution in [3.63, 3.8) is 0 Å². The maximum atomic E-state index is 13.1. The second-order valence-electron chi connectivity index (χ2n) is 5.31. The lowest BCUT2D eigenvalue weighted by Crippen LogP contribution is -2.10. The van der Waals surface area contributed by atoms with Crippen LogP contribution < -0.4 is 4.74 Å². The van der Waals surface area contributed by atoms with Gasteiger partial charge in [-0.3, -0.25) is 0 Å². The third-order valence-corrected chi connectivity index (χ3v) is 2.93. The smallest absolute Gasteiger partial charge is 0.125 e. The Balaban J connectivity index is 2.57. The standard InChI is InChI=1S/C15H20FNO2/c1-11(18)13-9-12(16)5-6-14(13)19-8-4-7-15(2,3)10-17/h5-6,9,11,18H,4,7-8H2,1-3H3/t11-/m0/s1. The largest absolute Gasteiger partial charge is 0.493 e. The van der Waals surface area contributed by atoms with Gasteiger partial charge in [0.05, 0.1) is 24.2 Å². The number of rotatable bonds is 6. The molecule has 4 heteroatoms. The lowest BCUT2D eigenvalue weighted by atomic mass is 9.90. The second-order valence-corrected chi connectivity index (χ2v) is 5.31. The van der Waals surface area contributed by atoms with Crippen molar-refractivity contribution in [1.29, 1.82) is 5.26 Å². The average Bonchev–Trinajstić information content (AvgIpc) is 2.36. The average molecular weight is 265 g/mol. The predicted octanol–water partition coefficient (Wildman–Crippen LogP) is 3.59. The highest BCUT2D eigenvalue weighted by Crippen LogP contribution is 2.27. The van der Waals surface area contributed by atoms with Crippen molar-refractivity contribution in [1.82, 2.24) is 0 Å². The first-order chi connectivity index (χ1) is 8.85. The summed E-state index contributed by atoms with van der Waals surface area (Å²) >= 11 is 0. The van der Waals surface area contributed by atoms with Crippen molar-refractivity contribution >= 4 is 0 Å². The van der Waals surface area contributed by atoms with Gasteiger partial charge in [0.1, 0.15) is 11.6 Å². The number of hydrogen-bond acceptors (Lipinski definition) is 3. The van der Waals surface area contributed by atoms with E-state index in [1.165, 1.54) is 18.2 Å². The molecule has 104 valence electrons. The molecule has 0 aliphatic carbocycles. The normalized spacial score (nSPS) is 12.8. The zero-order valence-corrected chi connectivity index (χ0v) is 11.6. The van der Waals surface area contributed by atoms with E-state index >= 15 is 0 Å². The van der Waals surface area contributed by atoms with E-state index in [9.17, 15) is 9.50 Å². The molecule has 0 heterocycles. The second kappa shape index (κ2) is 6.53. The number of aliphatic hydroxyl groups is 1. The Labute approximate surface area is 113 Å². The minimum atomic E-state index is -0.777. The Morgan fingerprint density at radius 3 is 2.74 bits per heavy atom. The maximum absolute atomic E-state index is 13.1. The highest BCUT2D eigenvalue weighted by molar-refractivity contribution is 5.35. The van der Waals surface area contributed by atoms with Gasteiger partial charge in [-0.05, 0) is 51.8 Å². The SMILES string of the molecule is C[C@H](O)c1cc(F)ccc1OCCCC(C)(C)C#N. The van der Waals surface area contributed by atoms with Gasteiger partial charge in [0.2, 0.25) is 0 Å². The molecule has 0 saturated heterocycles. The Morgan fingerprint density at radius 1 is 1.47 bits per heavy atom. The summed E-state index contributed by atoms with van der Waals surface area (Å²) in [6, 6.07) is 6.34. The van der Waals surface area contributed by atoms with Gasteiger partial charge in [0.25, 0.3) is 0 Å². The molecular weight excluding hydrogens is 245 g/mol. The molecule has 0 unspecified atom stereocenters. The monoisotopic (exact) mass is 265 g/mol. The molecule has 0 aliphatic rings. The fraction of sp³-hybridized carbons (Fsp3) is 0.533. The van der Waals surface area contributed by atoms with Crippen LogP contribution in [0.2, 0.25) is 0 Å². The van der Waals surface area contributed by atoms with E-state index in [4.69, 9.17) is 10.00 Å². The number of benzene rings is 1. The van der Waals surface area contributed by atoms with Crippen molar-refractivity contribution in [3.8, 4) is 11.8 Å². The molecule has 1 aromatic carbocycles. The van der Waals surface area contributed by atoms with Crippen molar-refractivity contribution in [2.24, 2.45) is 5.41 Å². The summed E-state index contributed by atoms with van der Waals surface area (Å²) in [4.78, 5) is 0. The fourth-order valence-corrected chi connectivity index (χ4v) is 1.73. The first kappa shape index (κ1) is 15.5. The Bertz CT molecular complexity index is 464. The first-order valence-electron chi connectivity index (χ1n) is 6.37. The van der Waals surface area contributed by atoms with Gasteiger partial charge in [0.15, 0.2) is 0 Å². The van der Waals surface area contributed by atoms with Crippen molar-refractivity contribution < 1.29 is 14.2 Å². The maximum Gasteiger partial charge on any atom is 0.125 e. The lowest BCUT2D eigenvalue weighted by molar-refractivity contribution is 0.189. The van der Waals surface area contributed by atoms with Crippen LogP contribution in [-0.2, 0) is 0 Å². The number of halogens is 1. The molecule has 0 saturated carbocycles.